The molecule has 122 valence electrons. The van der Waals surface area contributed by atoms with Crippen molar-refractivity contribution in [2.45, 2.75) is 20.4 Å². The molecule has 3 rings (SSSR count). The van der Waals surface area contributed by atoms with Crippen LogP contribution in [0.1, 0.15) is 27.4 Å². The van der Waals surface area contributed by atoms with Gasteiger partial charge in [-0.15, -0.1) is 0 Å². The van der Waals surface area contributed by atoms with E-state index in [9.17, 15) is 4.79 Å². The molecule has 0 saturated carbocycles. The molecule has 0 bridgehead atoms. The lowest BCUT2D eigenvalue weighted by Crippen LogP contribution is -2.15. The van der Waals surface area contributed by atoms with Crippen molar-refractivity contribution in [2.24, 2.45) is 0 Å². The minimum absolute atomic E-state index is 0.248. The molecule has 7 heteroatoms. The first-order valence-electron chi connectivity index (χ1n) is 7.47. The number of benzene rings is 1. The van der Waals surface area contributed by atoms with Gasteiger partial charge in [-0.2, -0.15) is 0 Å². The molecule has 2 N–H and O–H groups in total. The van der Waals surface area contributed by atoms with Gasteiger partial charge in [-0.25, -0.2) is 9.97 Å². The Balaban J connectivity index is 1.66. The highest BCUT2D eigenvalue weighted by molar-refractivity contribution is 6.02. The van der Waals surface area contributed by atoms with Crippen LogP contribution in [-0.2, 0) is 6.54 Å². The molecule has 2 aromatic heterocycles. The van der Waals surface area contributed by atoms with Crippen molar-refractivity contribution in [1.82, 2.24) is 15.1 Å². The molecular formula is C17H17N5O2. The summed E-state index contributed by atoms with van der Waals surface area (Å²) >= 11 is 0. The van der Waals surface area contributed by atoms with Crippen molar-refractivity contribution in [3.8, 4) is 0 Å². The molecule has 1 aromatic carbocycles. The first-order valence-corrected chi connectivity index (χ1v) is 7.47. The Bertz CT molecular complexity index is 859. The zero-order valence-electron chi connectivity index (χ0n) is 13.4. The monoisotopic (exact) mass is 323 g/mol. The van der Waals surface area contributed by atoms with Gasteiger partial charge in [-0.1, -0.05) is 35.0 Å². The molecule has 0 unspecified atom stereocenters. The first kappa shape index (κ1) is 15.7. The zero-order chi connectivity index (χ0) is 16.9. The third kappa shape index (κ3) is 3.95. The number of aromatic nitrogens is 3. The maximum absolute atomic E-state index is 12.2. The second kappa shape index (κ2) is 6.91. The molecule has 7 nitrogen and oxygen atoms in total. The van der Waals surface area contributed by atoms with Gasteiger partial charge >= 0.3 is 0 Å². The topological polar surface area (TPSA) is 92.9 Å². The van der Waals surface area contributed by atoms with E-state index in [1.807, 2.05) is 25.1 Å². The van der Waals surface area contributed by atoms with E-state index in [2.05, 4.69) is 31.8 Å². The summed E-state index contributed by atoms with van der Waals surface area (Å²) in [6.07, 6.45) is 1.54. The van der Waals surface area contributed by atoms with E-state index in [0.29, 0.717) is 24.1 Å². The van der Waals surface area contributed by atoms with E-state index in [0.717, 1.165) is 5.56 Å². The molecule has 3 aromatic rings. The SMILES string of the molecule is Cc1cccc(CNc2nccc(C(=O)Nc3cc(C)on3)n2)c1. The van der Waals surface area contributed by atoms with Gasteiger partial charge in [0, 0.05) is 18.8 Å². The third-order valence-corrected chi connectivity index (χ3v) is 3.29. The number of nitrogens with one attached hydrogen (secondary N) is 2. The van der Waals surface area contributed by atoms with Crippen LogP contribution in [0.4, 0.5) is 11.8 Å². The van der Waals surface area contributed by atoms with Gasteiger partial charge in [0.2, 0.25) is 5.95 Å². The largest absolute Gasteiger partial charge is 0.360 e. The second-order valence-corrected chi connectivity index (χ2v) is 5.39. The molecule has 0 atom stereocenters. The van der Waals surface area contributed by atoms with Gasteiger partial charge in [-0.05, 0) is 25.5 Å². The third-order valence-electron chi connectivity index (χ3n) is 3.29. The van der Waals surface area contributed by atoms with Crippen LogP contribution in [-0.4, -0.2) is 21.0 Å². The normalized spacial score (nSPS) is 10.4. The molecule has 0 aliphatic rings. The number of carbonyl (C=O) groups excluding carboxylic acids is 1. The smallest absolute Gasteiger partial charge is 0.275 e. The van der Waals surface area contributed by atoms with E-state index in [-0.39, 0.29) is 11.6 Å². The molecular weight excluding hydrogens is 306 g/mol. The fraction of sp³-hybridized carbons (Fsp3) is 0.176. The molecule has 1 amide bonds. The van der Waals surface area contributed by atoms with Gasteiger partial charge in [0.1, 0.15) is 11.5 Å². The Morgan fingerprint density at radius 3 is 2.83 bits per heavy atom. The molecule has 0 radical (unpaired) electrons. The molecule has 24 heavy (non-hydrogen) atoms. The lowest BCUT2D eigenvalue weighted by Gasteiger charge is -2.07. The minimum Gasteiger partial charge on any atom is -0.360 e. The number of aryl methyl sites for hydroxylation is 2. The number of hydrogen-bond donors (Lipinski definition) is 2. The highest BCUT2D eigenvalue weighted by Gasteiger charge is 2.11. The number of amides is 1. The first-order chi connectivity index (χ1) is 11.6. The predicted molar refractivity (Wildman–Crippen MR) is 89.7 cm³/mol. The van der Waals surface area contributed by atoms with Crippen molar-refractivity contribution in [3.05, 3.63) is 65.2 Å². The Kier molecular flexibility index (Phi) is 4.51. The molecule has 0 fully saturated rings. The summed E-state index contributed by atoms with van der Waals surface area (Å²) in [5.74, 6) is 0.990. The van der Waals surface area contributed by atoms with Crippen molar-refractivity contribution >= 4 is 17.7 Å². The average Bonchev–Trinajstić information content (AvgIpc) is 2.98. The number of carbonyl (C=O) groups is 1. The second-order valence-electron chi connectivity index (χ2n) is 5.39. The Labute approximate surface area is 139 Å². The summed E-state index contributed by atoms with van der Waals surface area (Å²) < 4.78 is 4.91. The molecule has 0 saturated heterocycles. The number of rotatable bonds is 5. The fourth-order valence-corrected chi connectivity index (χ4v) is 2.18. The maximum Gasteiger partial charge on any atom is 0.275 e. The summed E-state index contributed by atoms with van der Waals surface area (Å²) in [6, 6.07) is 11.3. The van der Waals surface area contributed by atoms with Gasteiger partial charge in [-0.3, -0.25) is 4.79 Å². The summed E-state index contributed by atoms with van der Waals surface area (Å²) in [7, 11) is 0. The molecule has 0 spiro atoms. The van der Waals surface area contributed by atoms with Crippen LogP contribution in [0.25, 0.3) is 0 Å². The average molecular weight is 323 g/mol. The Hall–Kier alpha value is -3.22. The standard InChI is InChI=1S/C17H17N5O2/c1-11-4-3-5-13(8-11)10-19-17-18-7-6-14(20-17)16(23)21-15-9-12(2)24-22-15/h3-9H,10H2,1-2H3,(H,18,19,20)(H,21,22,23). The summed E-state index contributed by atoms with van der Waals surface area (Å²) in [5, 5.41) is 9.46. The van der Waals surface area contributed by atoms with Crippen LogP contribution in [0.15, 0.2) is 47.1 Å². The van der Waals surface area contributed by atoms with Crippen LogP contribution in [0.5, 0.6) is 0 Å². The zero-order valence-corrected chi connectivity index (χ0v) is 13.4. The molecule has 0 aliphatic heterocycles. The van der Waals surface area contributed by atoms with E-state index >= 15 is 0 Å². The van der Waals surface area contributed by atoms with Gasteiger partial charge < -0.3 is 15.2 Å². The highest BCUT2D eigenvalue weighted by Crippen LogP contribution is 2.10. The Morgan fingerprint density at radius 2 is 2.08 bits per heavy atom. The van der Waals surface area contributed by atoms with Crippen LogP contribution in [0.2, 0.25) is 0 Å². The van der Waals surface area contributed by atoms with E-state index in [1.165, 1.54) is 11.8 Å². The summed E-state index contributed by atoms with van der Waals surface area (Å²) in [4.78, 5) is 20.5. The number of hydrogen-bond acceptors (Lipinski definition) is 6. The quantitative estimate of drug-likeness (QED) is 0.750. The van der Waals surface area contributed by atoms with Crippen LogP contribution >= 0.6 is 0 Å². The number of anilines is 2. The van der Waals surface area contributed by atoms with Gasteiger partial charge in [0.05, 0.1) is 0 Å². The van der Waals surface area contributed by atoms with Crippen LogP contribution in [0.3, 0.4) is 0 Å². The van der Waals surface area contributed by atoms with Crippen molar-refractivity contribution in [2.75, 3.05) is 10.6 Å². The lowest BCUT2D eigenvalue weighted by molar-refractivity contribution is 0.102. The van der Waals surface area contributed by atoms with Crippen LogP contribution < -0.4 is 10.6 Å². The maximum atomic E-state index is 12.2. The van der Waals surface area contributed by atoms with Crippen molar-refractivity contribution in [1.29, 1.82) is 0 Å². The van der Waals surface area contributed by atoms with Crippen molar-refractivity contribution < 1.29 is 9.32 Å². The Morgan fingerprint density at radius 1 is 1.21 bits per heavy atom. The lowest BCUT2D eigenvalue weighted by atomic mass is 10.1. The summed E-state index contributed by atoms with van der Waals surface area (Å²) in [5.41, 5.74) is 2.55. The highest BCUT2D eigenvalue weighted by atomic mass is 16.5. The molecule has 2 heterocycles. The number of nitrogens with zero attached hydrogens (tertiary/aromatic N) is 3. The van der Waals surface area contributed by atoms with Crippen LogP contribution in [0, 0.1) is 13.8 Å². The fourth-order valence-electron chi connectivity index (χ4n) is 2.18. The van der Waals surface area contributed by atoms with Crippen molar-refractivity contribution in [3.63, 3.8) is 0 Å². The van der Waals surface area contributed by atoms with E-state index in [4.69, 9.17) is 4.52 Å². The van der Waals surface area contributed by atoms with Gasteiger partial charge in [0.25, 0.3) is 5.91 Å². The minimum atomic E-state index is -0.371. The summed E-state index contributed by atoms with van der Waals surface area (Å²) in [6.45, 7) is 4.37. The van der Waals surface area contributed by atoms with E-state index in [1.54, 1.807) is 19.1 Å². The van der Waals surface area contributed by atoms with E-state index < -0.39 is 0 Å². The van der Waals surface area contributed by atoms with Gasteiger partial charge in [0.15, 0.2) is 5.82 Å². The predicted octanol–water partition coefficient (Wildman–Crippen LogP) is 2.95. The molecule has 0 aliphatic carbocycles.